The van der Waals surface area contributed by atoms with Gasteiger partial charge < -0.3 is 13.9 Å². The molecule has 1 aromatic rings. The van der Waals surface area contributed by atoms with Crippen molar-refractivity contribution >= 4 is 31.9 Å². The first kappa shape index (κ1) is 34.6. The van der Waals surface area contributed by atoms with Gasteiger partial charge in [-0.15, -0.1) is 11.6 Å². The molecule has 0 aliphatic heterocycles. The maximum absolute atomic E-state index is 11.8. The molecule has 226 valence electrons. The number of carbonyl (C=O) groups excluding carboxylic acids is 2. The lowest BCUT2D eigenvalue weighted by atomic mass is 9.84. The van der Waals surface area contributed by atoms with Gasteiger partial charge in [-0.05, 0) is 73.7 Å². The molecule has 1 aromatic carbocycles. The van der Waals surface area contributed by atoms with Crippen molar-refractivity contribution in [2.75, 3.05) is 7.11 Å². The van der Waals surface area contributed by atoms with Gasteiger partial charge in [0.15, 0.2) is 8.32 Å². The fourth-order valence-electron chi connectivity index (χ4n) is 5.32. The molecule has 1 fully saturated rings. The summed E-state index contributed by atoms with van der Waals surface area (Å²) in [5.41, 5.74) is 2.27. The van der Waals surface area contributed by atoms with E-state index >= 15 is 0 Å². The topological polar surface area (TPSA) is 61.8 Å². The molecule has 1 unspecified atom stereocenters. The summed E-state index contributed by atoms with van der Waals surface area (Å²) in [6.45, 7) is 15.1. The normalized spacial score (nSPS) is 22.4. The lowest BCUT2D eigenvalue weighted by Crippen LogP contribution is -2.44. The van der Waals surface area contributed by atoms with E-state index in [1.54, 1.807) is 0 Å². The second kappa shape index (κ2) is 16.1. The quantitative estimate of drug-likeness (QED) is 0.0667. The van der Waals surface area contributed by atoms with Crippen LogP contribution in [0, 0.1) is 5.92 Å². The summed E-state index contributed by atoms with van der Waals surface area (Å²) >= 11 is 7.05. The molecule has 5 nitrogen and oxygen atoms in total. The first-order valence-corrected chi connectivity index (χ1v) is 18.5. The van der Waals surface area contributed by atoms with Crippen molar-refractivity contribution in [3.63, 3.8) is 0 Å². The number of unbranched alkanes of at least 4 members (excludes halogenated alkanes) is 3. The van der Waals surface area contributed by atoms with Gasteiger partial charge in [0.2, 0.25) is 0 Å². The zero-order valence-corrected chi connectivity index (χ0v) is 27.9. The van der Waals surface area contributed by atoms with Gasteiger partial charge in [0.05, 0.1) is 13.2 Å². The van der Waals surface area contributed by atoms with Crippen molar-refractivity contribution in [3.8, 4) is 0 Å². The number of allylic oxidation sites excluding steroid dienone is 2. The maximum atomic E-state index is 11.8. The number of ether oxygens (including phenoxy) is 2. The summed E-state index contributed by atoms with van der Waals surface area (Å²) in [4.78, 5) is 23.2. The Morgan fingerprint density at radius 1 is 1.10 bits per heavy atom. The minimum atomic E-state index is -2.01. The molecule has 0 aromatic heterocycles. The Balaban J connectivity index is 2.29. The van der Waals surface area contributed by atoms with Gasteiger partial charge in [-0.3, -0.25) is 9.59 Å². The van der Waals surface area contributed by atoms with Crippen LogP contribution in [0.2, 0.25) is 18.1 Å². The molecule has 2 rings (SSSR count). The SMILES string of the molecule is CCCCCC(OC(C)=O)c1ccc([C@@H]2[C@@H](C/C=C\CCCC(=O)OC)[C@H](Cl)C[C@@H]2O[Si](C)(C)C(C)(C)C)cc1. The lowest BCUT2D eigenvalue weighted by molar-refractivity contribution is -0.147. The average Bonchev–Trinajstić information content (AvgIpc) is 3.18. The first-order chi connectivity index (χ1) is 18.8. The van der Waals surface area contributed by atoms with E-state index in [9.17, 15) is 9.59 Å². The molecule has 0 heterocycles. The van der Waals surface area contributed by atoms with Crippen LogP contribution in [0.15, 0.2) is 36.4 Å². The Bertz CT molecular complexity index is 953. The van der Waals surface area contributed by atoms with Crippen LogP contribution in [-0.4, -0.2) is 38.8 Å². The number of carbonyl (C=O) groups is 2. The zero-order chi connectivity index (χ0) is 29.9. The summed E-state index contributed by atoms with van der Waals surface area (Å²) in [6.07, 6.45) is 12.1. The number of esters is 2. The summed E-state index contributed by atoms with van der Waals surface area (Å²) < 4.78 is 17.5. The van der Waals surface area contributed by atoms with E-state index in [-0.39, 0.29) is 46.4 Å². The Kier molecular flexibility index (Phi) is 13.9. The van der Waals surface area contributed by atoms with E-state index in [1.165, 1.54) is 19.6 Å². The van der Waals surface area contributed by atoms with E-state index in [1.807, 2.05) is 0 Å². The second-order valence-corrected chi connectivity index (χ2v) is 18.1. The van der Waals surface area contributed by atoms with Gasteiger partial charge in [0, 0.05) is 24.6 Å². The minimum absolute atomic E-state index is 0.0157. The number of methoxy groups -OCH3 is 1. The van der Waals surface area contributed by atoms with Crippen molar-refractivity contribution in [1.82, 2.24) is 0 Å². The molecule has 40 heavy (non-hydrogen) atoms. The van der Waals surface area contributed by atoms with Crippen molar-refractivity contribution in [2.45, 2.75) is 134 Å². The largest absolute Gasteiger partial charge is 0.469 e. The third-order valence-electron chi connectivity index (χ3n) is 8.66. The predicted octanol–water partition coefficient (Wildman–Crippen LogP) is 9.26. The fourth-order valence-corrected chi connectivity index (χ4v) is 7.11. The predicted molar refractivity (Wildman–Crippen MR) is 167 cm³/mol. The van der Waals surface area contributed by atoms with Gasteiger partial charge >= 0.3 is 11.9 Å². The number of alkyl halides is 1. The van der Waals surface area contributed by atoms with Crippen molar-refractivity contribution in [3.05, 3.63) is 47.5 Å². The molecule has 5 atom stereocenters. The van der Waals surface area contributed by atoms with Gasteiger partial charge in [0.1, 0.15) is 6.10 Å². The number of benzene rings is 1. The molecular weight excluding hydrogens is 540 g/mol. The van der Waals surface area contributed by atoms with Gasteiger partial charge in [-0.1, -0.05) is 77.0 Å². The van der Waals surface area contributed by atoms with Crippen LogP contribution < -0.4 is 0 Å². The van der Waals surface area contributed by atoms with E-state index in [0.29, 0.717) is 6.42 Å². The van der Waals surface area contributed by atoms with Crippen LogP contribution in [-0.2, 0) is 23.5 Å². The lowest BCUT2D eigenvalue weighted by Gasteiger charge is -2.40. The van der Waals surface area contributed by atoms with Crippen LogP contribution in [0.5, 0.6) is 0 Å². The van der Waals surface area contributed by atoms with Gasteiger partial charge in [-0.25, -0.2) is 0 Å². The molecule has 0 spiro atoms. The molecule has 7 heteroatoms. The van der Waals surface area contributed by atoms with Crippen molar-refractivity contribution in [1.29, 1.82) is 0 Å². The molecule has 0 N–H and O–H groups in total. The molecule has 0 radical (unpaired) electrons. The fraction of sp³-hybridized carbons (Fsp3) is 0.697. The molecular formula is C33H53ClO5Si. The highest BCUT2D eigenvalue weighted by molar-refractivity contribution is 6.74. The van der Waals surface area contributed by atoms with Crippen LogP contribution >= 0.6 is 11.6 Å². The van der Waals surface area contributed by atoms with Crippen LogP contribution in [0.4, 0.5) is 0 Å². The number of halogens is 1. The highest BCUT2D eigenvalue weighted by atomic mass is 35.5. The molecule has 0 amide bonds. The minimum Gasteiger partial charge on any atom is -0.469 e. The third kappa shape index (κ3) is 10.3. The molecule has 0 saturated heterocycles. The van der Waals surface area contributed by atoms with Crippen LogP contribution in [0.1, 0.15) is 116 Å². The summed E-state index contributed by atoms with van der Waals surface area (Å²) in [7, 11) is -0.584. The second-order valence-electron chi connectivity index (χ2n) is 12.8. The van der Waals surface area contributed by atoms with E-state index in [2.05, 4.69) is 77.2 Å². The first-order valence-electron chi connectivity index (χ1n) is 15.1. The summed E-state index contributed by atoms with van der Waals surface area (Å²) in [6, 6.07) is 8.64. The monoisotopic (exact) mass is 592 g/mol. The smallest absolute Gasteiger partial charge is 0.305 e. The molecule has 1 aliphatic rings. The Labute approximate surface area is 249 Å². The van der Waals surface area contributed by atoms with E-state index in [0.717, 1.165) is 56.9 Å². The highest BCUT2D eigenvalue weighted by Crippen LogP contribution is 2.49. The summed E-state index contributed by atoms with van der Waals surface area (Å²) in [5, 5.41) is 0.123. The standard InChI is InChI=1S/C33H53ClO5Si/c1-9-10-13-17-29(38-24(2)35)25-19-21-26(22-20-25)32-27(16-14-11-12-15-18-31(36)37-6)28(34)23-30(32)39-40(7,8)33(3,4)5/h11,14,19-22,27-30,32H,9-10,12-13,15-18,23H2,1-8H3/b14-11-/t27-,28+,29?,30-,32+/m0/s1. The zero-order valence-electron chi connectivity index (χ0n) is 26.1. The van der Waals surface area contributed by atoms with Crippen LogP contribution in [0.3, 0.4) is 0 Å². The molecule has 1 aliphatic carbocycles. The summed E-state index contributed by atoms with van der Waals surface area (Å²) in [5.74, 6) is 0.0127. The van der Waals surface area contributed by atoms with Gasteiger partial charge in [-0.2, -0.15) is 0 Å². The maximum Gasteiger partial charge on any atom is 0.305 e. The molecule has 1 saturated carbocycles. The highest BCUT2D eigenvalue weighted by Gasteiger charge is 2.48. The van der Waals surface area contributed by atoms with E-state index < -0.39 is 8.32 Å². The third-order valence-corrected chi connectivity index (χ3v) is 13.7. The molecule has 0 bridgehead atoms. The Morgan fingerprint density at radius 3 is 2.35 bits per heavy atom. The Hall–Kier alpha value is -1.63. The van der Waals surface area contributed by atoms with Crippen molar-refractivity contribution < 1.29 is 23.5 Å². The number of hydrogen-bond donors (Lipinski definition) is 0. The van der Waals surface area contributed by atoms with Crippen molar-refractivity contribution in [2.24, 2.45) is 5.92 Å². The Morgan fingerprint density at radius 2 is 1.77 bits per heavy atom. The van der Waals surface area contributed by atoms with E-state index in [4.69, 9.17) is 25.5 Å². The van der Waals surface area contributed by atoms with Crippen LogP contribution in [0.25, 0.3) is 0 Å². The average molecular weight is 593 g/mol. The number of hydrogen-bond acceptors (Lipinski definition) is 5. The van der Waals surface area contributed by atoms with Gasteiger partial charge in [0.25, 0.3) is 0 Å². The number of rotatable bonds is 15.